The maximum Gasteiger partial charge on any atom is 0.267 e. The first kappa shape index (κ1) is 16.9. The fourth-order valence-corrected chi connectivity index (χ4v) is 3.46. The Bertz CT molecular complexity index is 768. The number of hydrogen-bond donors (Lipinski definition) is 2. The molecule has 1 fully saturated rings. The zero-order chi connectivity index (χ0) is 17.9. The van der Waals surface area contributed by atoms with Gasteiger partial charge in [0.05, 0.1) is 6.20 Å². The Labute approximate surface area is 152 Å². The summed E-state index contributed by atoms with van der Waals surface area (Å²) in [5.41, 5.74) is 2.29. The van der Waals surface area contributed by atoms with Crippen molar-refractivity contribution in [1.29, 1.82) is 0 Å². The second kappa shape index (κ2) is 7.37. The van der Waals surface area contributed by atoms with Crippen molar-refractivity contribution in [2.24, 2.45) is 0 Å². The molecule has 0 saturated carbocycles. The molecule has 7 nitrogen and oxygen atoms in total. The molecular formula is C19H24N4O3. The van der Waals surface area contributed by atoms with Gasteiger partial charge in [-0.25, -0.2) is 0 Å². The minimum atomic E-state index is -0.553. The fourth-order valence-electron chi connectivity index (χ4n) is 3.46. The highest BCUT2D eigenvalue weighted by Gasteiger charge is 2.32. The second-order valence-corrected chi connectivity index (χ2v) is 6.86. The highest BCUT2D eigenvalue weighted by atomic mass is 16.6. The second-order valence-electron chi connectivity index (χ2n) is 6.86. The first-order valence-electron chi connectivity index (χ1n) is 9.10. The number of carbonyl (C=O) groups is 1. The Balaban J connectivity index is 1.27. The highest BCUT2D eigenvalue weighted by Crippen LogP contribution is 2.31. The summed E-state index contributed by atoms with van der Waals surface area (Å²) in [5, 5.41) is 10.6. The molecule has 4 rings (SSSR count). The SMILES string of the molecule is Cc1[nH]ncc1CNC1CCN(C(=O)[C@@H]2COc3ccccc3O2)CC1. The molecule has 138 valence electrons. The van der Waals surface area contributed by atoms with E-state index in [4.69, 9.17) is 9.47 Å². The van der Waals surface area contributed by atoms with Crippen molar-refractivity contribution in [2.45, 2.75) is 38.5 Å². The van der Waals surface area contributed by atoms with Crippen LogP contribution in [0, 0.1) is 6.92 Å². The quantitative estimate of drug-likeness (QED) is 0.871. The summed E-state index contributed by atoms with van der Waals surface area (Å²) in [5.74, 6) is 1.36. The van der Waals surface area contributed by atoms with Crippen molar-refractivity contribution >= 4 is 5.91 Å². The van der Waals surface area contributed by atoms with Crippen molar-refractivity contribution in [2.75, 3.05) is 19.7 Å². The van der Waals surface area contributed by atoms with Gasteiger partial charge in [-0.1, -0.05) is 12.1 Å². The van der Waals surface area contributed by atoms with Crippen LogP contribution in [0.1, 0.15) is 24.1 Å². The lowest BCUT2D eigenvalue weighted by Gasteiger charge is -2.35. The number of piperidine rings is 1. The van der Waals surface area contributed by atoms with E-state index in [-0.39, 0.29) is 12.5 Å². The molecule has 1 atom stereocenters. The molecule has 0 unspecified atom stereocenters. The van der Waals surface area contributed by atoms with Gasteiger partial charge in [0.15, 0.2) is 11.5 Å². The molecule has 26 heavy (non-hydrogen) atoms. The Morgan fingerprint density at radius 3 is 2.81 bits per heavy atom. The molecule has 2 N–H and O–H groups in total. The standard InChI is InChI=1S/C19H24N4O3/c1-13-14(11-21-22-13)10-20-15-6-8-23(9-7-15)19(24)18-12-25-16-4-2-3-5-17(16)26-18/h2-5,11,15,18,20H,6-10,12H2,1H3,(H,21,22)/t18-/m0/s1. The lowest BCUT2D eigenvalue weighted by Crippen LogP contribution is -2.51. The van der Waals surface area contributed by atoms with E-state index in [0.29, 0.717) is 17.5 Å². The van der Waals surface area contributed by atoms with Crippen LogP contribution < -0.4 is 14.8 Å². The van der Waals surface area contributed by atoms with Gasteiger partial charge in [0, 0.05) is 36.9 Å². The number of aromatic amines is 1. The summed E-state index contributed by atoms with van der Waals surface area (Å²) in [7, 11) is 0. The van der Waals surface area contributed by atoms with Crippen LogP contribution in [0.3, 0.4) is 0 Å². The predicted octanol–water partition coefficient (Wildman–Crippen LogP) is 1.64. The van der Waals surface area contributed by atoms with Crippen LogP contribution in [0.2, 0.25) is 0 Å². The minimum absolute atomic E-state index is 0.0173. The van der Waals surface area contributed by atoms with Crippen LogP contribution in [0.25, 0.3) is 0 Å². The van der Waals surface area contributed by atoms with E-state index >= 15 is 0 Å². The number of nitrogens with one attached hydrogen (secondary N) is 2. The average Bonchev–Trinajstić information content (AvgIpc) is 3.10. The molecule has 1 saturated heterocycles. The summed E-state index contributed by atoms with van der Waals surface area (Å²) in [6.07, 6.45) is 3.18. The summed E-state index contributed by atoms with van der Waals surface area (Å²) in [6.45, 7) is 4.57. The van der Waals surface area contributed by atoms with Gasteiger partial charge in [0.25, 0.3) is 5.91 Å². The maximum atomic E-state index is 12.7. The third kappa shape index (κ3) is 3.53. The van der Waals surface area contributed by atoms with E-state index in [9.17, 15) is 4.79 Å². The topological polar surface area (TPSA) is 79.5 Å². The molecule has 2 aliphatic rings. The zero-order valence-corrected chi connectivity index (χ0v) is 14.9. The number of hydrogen-bond acceptors (Lipinski definition) is 5. The molecule has 0 aliphatic carbocycles. The zero-order valence-electron chi connectivity index (χ0n) is 14.9. The Kier molecular flexibility index (Phi) is 4.79. The van der Waals surface area contributed by atoms with Crippen molar-refractivity contribution < 1.29 is 14.3 Å². The summed E-state index contributed by atoms with van der Waals surface area (Å²) in [6, 6.07) is 7.89. The molecule has 0 radical (unpaired) electrons. The fraction of sp³-hybridized carbons (Fsp3) is 0.474. The number of nitrogens with zero attached hydrogens (tertiary/aromatic N) is 2. The summed E-state index contributed by atoms with van der Waals surface area (Å²) >= 11 is 0. The molecule has 0 spiro atoms. The van der Waals surface area contributed by atoms with Gasteiger partial charge in [-0.2, -0.15) is 5.10 Å². The van der Waals surface area contributed by atoms with E-state index in [1.165, 1.54) is 5.56 Å². The number of para-hydroxylation sites is 2. The van der Waals surface area contributed by atoms with Crippen molar-refractivity contribution in [3.05, 3.63) is 41.7 Å². The van der Waals surface area contributed by atoms with Crippen LogP contribution in [0.4, 0.5) is 0 Å². The number of aryl methyl sites for hydroxylation is 1. The molecule has 2 aliphatic heterocycles. The molecule has 3 heterocycles. The first-order chi connectivity index (χ1) is 12.7. The largest absolute Gasteiger partial charge is 0.485 e. The number of H-pyrrole nitrogens is 1. The monoisotopic (exact) mass is 356 g/mol. The van der Waals surface area contributed by atoms with Gasteiger partial charge < -0.3 is 19.7 Å². The molecule has 0 bridgehead atoms. The Morgan fingerprint density at radius 1 is 1.31 bits per heavy atom. The van der Waals surface area contributed by atoms with Gasteiger partial charge in [0.2, 0.25) is 6.10 Å². The van der Waals surface area contributed by atoms with Gasteiger partial charge in [-0.15, -0.1) is 0 Å². The maximum absolute atomic E-state index is 12.7. The molecule has 7 heteroatoms. The predicted molar refractivity (Wildman–Crippen MR) is 96.1 cm³/mol. The first-order valence-corrected chi connectivity index (χ1v) is 9.10. The molecule has 1 aromatic carbocycles. The number of carbonyl (C=O) groups excluding carboxylic acids is 1. The summed E-state index contributed by atoms with van der Waals surface area (Å²) < 4.78 is 11.5. The van der Waals surface area contributed by atoms with E-state index in [1.54, 1.807) is 0 Å². The summed E-state index contributed by atoms with van der Waals surface area (Å²) in [4.78, 5) is 14.6. The number of aromatic nitrogens is 2. The van der Waals surface area contributed by atoms with Crippen LogP contribution in [0.5, 0.6) is 11.5 Å². The number of ether oxygens (including phenoxy) is 2. The number of amides is 1. The van der Waals surface area contributed by atoms with Gasteiger partial charge in [0.1, 0.15) is 6.61 Å². The molecule has 2 aromatic rings. The Morgan fingerprint density at radius 2 is 2.08 bits per heavy atom. The van der Waals surface area contributed by atoms with Gasteiger partial charge in [-0.05, 0) is 31.9 Å². The van der Waals surface area contributed by atoms with Crippen LogP contribution in [-0.2, 0) is 11.3 Å². The van der Waals surface area contributed by atoms with Gasteiger partial charge >= 0.3 is 0 Å². The van der Waals surface area contributed by atoms with Gasteiger partial charge in [-0.3, -0.25) is 9.89 Å². The van der Waals surface area contributed by atoms with Crippen molar-refractivity contribution in [1.82, 2.24) is 20.4 Å². The van der Waals surface area contributed by atoms with Crippen LogP contribution in [0.15, 0.2) is 30.5 Å². The number of fused-ring (bicyclic) bond motifs is 1. The number of rotatable bonds is 4. The van der Waals surface area contributed by atoms with E-state index in [0.717, 1.165) is 38.2 Å². The van der Waals surface area contributed by atoms with E-state index < -0.39 is 6.10 Å². The van der Waals surface area contributed by atoms with Crippen LogP contribution in [-0.4, -0.2) is 52.8 Å². The lowest BCUT2D eigenvalue weighted by atomic mass is 10.0. The Hall–Kier alpha value is -2.54. The number of likely N-dealkylation sites (tertiary alicyclic amines) is 1. The smallest absolute Gasteiger partial charge is 0.267 e. The normalized spacial score (nSPS) is 20.2. The van der Waals surface area contributed by atoms with E-state index in [1.807, 2.05) is 42.3 Å². The minimum Gasteiger partial charge on any atom is -0.485 e. The van der Waals surface area contributed by atoms with E-state index in [2.05, 4.69) is 15.5 Å². The molecular weight excluding hydrogens is 332 g/mol. The molecule has 1 aromatic heterocycles. The third-order valence-electron chi connectivity index (χ3n) is 5.11. The third-order valence-corrected chi connectivity index (χ3v) is 5.11. The number of benzene rings is 1. The highest BCUT2D eigenvalue weighted by molar-refractivity contribution is 5.82. The lowest BCUT2D eigenvalue weighted by molar-refractivity contribution is -0.142. The van der Waals surface area contributed by atoms with Crippen molar-refractivity contribution in [3.8, 4) is 11.5 Å². The van der Waals surface area contributed by atoms with Crippen LogP contribution >= 0.6 is 0 Å². The van der Waals surface area contributed by atoms with Crippen molar-refractivity contribution in [3.63, 3.8) is 0 Å². The molecule has 1 amide bonds. The average molecular weight is 356 g/mol.